The molecule has 1 N–H and O–H groups in total. The maximum Gasteiger partial charge on any atom is 0.345 e. The first-order chi connectivity index (χ1) is 16.4. The van der Waals surface area contributed by atoms with Crippen LogP contribution in [0.4, 0.5) is 5.69 Å². The molecule has 0 unspecified atom stereocenters. The first-order valence-electron chi connectivity index (χ1n) is 9.71. The first-order valence-corrected chi connectivity index (χ1v) is 10.1. The summed E-state index contributed by atoms with van der Waals surface area (Å²) < 4.78 is 15.9. The van der Waals surface area contributed by atoms with Gasteiger partial charge in [-0.3, -0.25) is 14.9 Å². The Kier molecular flexibility index (Phi) is 8.14. The second-order valence-corrected chi connectivity index (χ2v) is 7.02. The number of non-ortho nitro benzene ring substituents is 1. The Labute approximate surface area is 198 Å². The maximum atomic E-state index is 12.4. The van der Waals surface area contributed by atoms with E-state index in [0.29, 0.717) is 11.3 Å². The number of benzene rings is 3. The van der Waals surface area contributed by atoms with Crippen LogP contribution in [0.2, 0.25) is 5.02 Å². The minimum Gasteiger partial charge on any atom is -0.493 e. The largest absolute Gasteiger partial charge is 0.493 e. The highest BCUT2D eigenvalue weighted by atomic mass is 35.5. The molecule has 0 heterocycles. The summed E-state index contributed by atoms with van der Waals surface area (Å²) >= 11 is 6.02. The number of nitrogens with zero attached hydrogens (tertiary/aromatic N) is 2. The number of nitrogens with one attached hydrogen (secondary N) is 1. The van der Waals surface area contributed by atoms with Gasteiger partial charge in [0.2, 0.25) is 0 Å². The van der Waals surface area contributed by atoms with E-state index in [-0.39, 0.29) is 34.4 Å². The molecule has 0 aromatic heterocycles. The average Bonchev–Trinajstić information content (AvgIpc) is 2.84. The predicted octanol–water partition coefficient (Wildman–Crippen LogP) is 4.01. The number of hydrogen-bond acceptors (Lipinski definition) is 8. The predicted molar refractivity (Wildman–Crippen MR) is 124 cm³/mol. The van der Waals surface area contributed by atoms with Crippen molar-refractivity contribution in [2.75, 3.05) is 13.7 Å². The Morgan fingerprint density at radius 3 is 2.50 bits per heavy atom. The van der Waals surface area contributed by atoms with E-state index in [9.17, 15) is 19.7 Å². The van der Waals surface area contributed by atoms with Crippen molar-refractivity contribution in [3.63, 3.8) is 0 Å². The number of nitro benzene ring substituents is 1. The second-order valence-electron chi connectivity index (χ2n) is 6.61. The van der Waals surface area contributed by atoms with Crippen LogP contribution >= 0.6 is 11.6 Å². The van der Waals surface area contributed by atoms with E-state index >= 15 is 0 Å². The number of ether oxygens (including phenoxy) is 3. The van der Waals surface area contributed by atoms with E-state index in [0.717, 1.165) is 0 Å². The van der Waals surface area contributed by atoms with E-state index in [1.165, 1.54) is 43.7 Å². The number of esters is 1. The van der Waals surface area contributed by atoms with Gasteiger partial charge in [0.05, 0.1) is 28.8 Å². The van der Waals surface area contributed by atoms with Crippen molar-refractivity contribution < 1.29 is 28.7 Å². The number of hydrogen-bond donors (Lipinski definition) is 1. The van der Waals surface area contributed by atoms with E-state index in [4.69, 9.17) is 25.8 Å². The molecule has 0 saturated carbocycles. The van der Waals surface area contributed by atoms with Gasteiger partial charge in [0.15, 0.2) is 18.1 Å². The Morgan fingerprint density at radius 1 is 1.09 bits per heavy atom. The van der Waals surface area contributed by atoms with Crippen LogP contribution in [0.3, 0.4) is 0 Å². The molecule has 0 aliphatic rings. The lowest BCUT2D eigenvalue weighted by molar-refractivity contribution is -0.384. The van der Waals surface area contributed by atoms with Gasteiger partial charge in [-0.2, -0.15) is 5.10 Å². The topological polar surface area (TPSA) is 129 Å². The Hall–Kier alpha value is -4.44. The van der Waals surface area contributed by atoms with E-state index in [1.54, 1.807) is 36.4 Å². The quantitative estimate of drug-likeness (QED) is 0.160. The summed E-state index contributed by atoms with van der Waals surface area (Å²) in [6.45, 7) is -0.338. The number of rotatable bonds is 9. The van der Waals surface area contributed by atoms with Crippen molar-refractivity contribution in [3.8, 4) is 17.2 Å². The van der Waals surface area contributed by atoms with Crippen LogP contribution in [-0.4, -0.2) is 36.7 Å². The van der Waals surface area contributed by atoms with Gasteiger partial charge in [-0.05, 0) is 48.0 Å². The van der Waals surface area contributed by atoms with Gasteiger partial charge < -0.3 is 14.2 Å². The zero-order valence-electron chi connectivity index (χ0n) is 17.8. The fourth-order valence-electron chi connectivity index (χ4n) is 2.65. The summed E-state index contributed by atoms with van der Waals surface area (Å²) in [4.78, 5) is 34.4. The number of hydrazone groups is 1. The first kappa shape index (κ1) is 24.2. The molecule has 0 fully saturated rings. The molecule has 0 spiro atoms. The van der Waals surface area contributed by atoms with Gasteiger partial charge in [-0.1, -0.05) is 23.7 Å². The smallest absolute Gasteiger partial charge is 0.345 e. The van der Waals surface area contributed by atoms with Crippen LogP contribution in [0.15, 0.2) is 71.8 Å². The van der Waals surface area contributed by atoms with Crippen molar-refractivity contribution in [1.82, 2.24) is 5.43 Å². The Balaban J connectivity index is 1.55. The molecule has 10 nitrogen and oxygen atoms in total. The van der Waals surface area contributed by atoms with Gasteiger partial charge in [-0.15, -0.1) is 0 Å². The molecule has 34 heavy (non-hydrogen) atoms. The number of carbonyl (C=O) groups is 2. The molecule has 0 aliphatic heterocycles. The average molecular weight is 484 g/mol. The lowest BCUT2D eigenvalue weighted by atomic mass is 10.2. The molecule has 0 bridgehead atoms. The molecule has 0 aliphatic carbocycles. The second kappa shape index (κ2) is 11.4. The normalized spacial score (nSPS) is 10.5. The summed E-state index contributed by atoms with van der Waals surface area (Å²) in [5.41, 5.74) is 3.00. The highest BCUT2D eigenvalue weighted by Gasteiger charge is 2.15. The summed E-state index contributed by atoms with van der Waals surface area (Å²) in [5, 5.41) is 14.7. The van der Waals surface area contributed by atoms with Gasteiger partial charge >= 0.3 is 5.97 Å². The molecule has 0 radical (unpaired) electrons. The van der Waals surface area contributed by atoms with Crippen molar-refractivity contribution >= 4 is 35.4 Å². The molecule has 3 aromatic carbocycles. The van der Waals surface area contributed by atoms with Crippen LogP contribution < -0.4 is 19.6 Å². The number of nitro groups is 1. The molecule has 0 atom stereocenters. The molecule has 3 rings (SSSR count). The monoisotopic (exact) mass is 483 g/mol. The number of methoxy groups -OCH3 is 1. The van der Waals surface area contributed by atoms with Crippen LogP contribution in [0.25, 0.3) is 0 Å². The third-order valence-electron chi connectivity index (χ3n) is 4.30. The fraction of sp³-hybridized carbons (Fsp3) is 0.0870. The molecule has 3 aromatic rings. The van der Waals surface area contributed by atoms with Gasteiger partial charge in [-0.25, -0.2) is 10.2 Å². The minimum absolute atomic E-state index is 0.0820. The molecular formula is C23H18ClN3O7. The number of halogens is 1. The maximum absolute atomic E-state index is 12.4. The zero-order valence-corrected chi connectivity index (χ0v) is 18.5. The number of carbonyl (C=O) groups excluding carboxylic acids is 2. The lowest BCUT2D eigenvalue weighted by Gasteiger charge is -2.10. The SMILES string of the molecule is COc1cc(/C=N\NC(=O)COc2ccc([N+](=O)[O-])cc2)ccc1OC(=O)c1ccccc1Cl. The Bertz CT molecular complexity index is 1230. The highest BCUT2D eigenvalue weighted by molar-refractivity contribution is 6.33. The van der Waals surface area contributed by atoms with Crippen molar-refractivity contribution in [2.24, 2.45) is 5.10 Å². The molecule has 0 saturated heterocycles. The zero-order chi connectivity index (χ0) is 24.5. The van der Waals surface area contributed by atoms with Gasteiger partial charge in [0.1, 0.15) is 5.75 Å². The fourth-order valence-corrected chi connectivity index (χ4v) is 2.87. The molecular weight excluding hydrogens is 466 g/mol. The number of amides is 1. The van der Waals surface area contributed by atoms with E-state index in [1.807, 2.05) is 0 Å². The van der Waals surface area contributed by atoms with Crippen LogP contribution in [0, 0.1) is 10.1 Å². The third-order valence-corrected chi connectivity index (χ3v) is 4.63. The Morgan fingerprint density at radius 2 is 1.82 bits per heavy atom. The minimum atomic E-state index is -0.634. The molecule has 174 valence electrons. The van der Waals surface area contributed by atoms with E-state index < -0.39 is 16.8 Å². The summed E-state index contributed by atoms with van der Waals surface area (Å²) in [6, 6.07) is 16.5. The van der Waals surface area contributed by atoms with Crippen molar-refractivity contribution in [1.29, 1.82) is 0 Å². The molecule has 11 heteroatoms. The van der Waals surface area contributed by atoms with Crippen LogP contribution in [0.1, 0.15) is 15.9 Å². The van der Waals surface area contributed by atoms with Crippen LogP contribution in [0.5, 0.6) is 17.2 Å². The summed E-state index contributed by atoms with van der Waals surface area (Å²) in [5.74, 6) is -0.406. The van der Waals surface area contributed by atoms with Gasteiger partial charge in [0, 0.05) is 12.1 Å². The standard InChI is InChI=1S/C23H18ClN3O7/c1-32-21-12-15(6-11-20(21)34-23(29)18-4-2-3-5-19(18)24)13-25-26-22(28)14-33-17-9-7-16(8-10-17)27(30)31/h2-13H,14H2,1H3,(H,26,28)/b25-13-. The van der Waals surface area contributed by atoms with E-state index in [2.05, 4.69) is 10.5 Å². The third kappa shape index (κ3) is 6.53. The van der Waals surface area contributed by atoms with Crippen LogP contribution in [-0.2, 0) is 4.79 Å². The molecule has 1 amide bonds. The van der Waals surface area contributed by atoms with Gasteiger partial charge in [0.25, 0.3) is 11.6 Å². The summed E-state index contributed by atoms with van der Waals surface area (Å²) in [7, 11) is 1.42. The summed E-state index contributed by atoms with van der Waals surface area (Å²) in [6.07, 6.45) is 1.37. The van der Waals surface area contributed by atoms with Crippen molar-refractivity contribution in [3.05, 3.63) is 93.0 Å². The lowest BCUT2D eigenvalue weighted by Crippen LogP contribution is -2.24. The van der Waals surface area contributed by atoms with Crippen molar-refractivity contribution in [2.45, 2.75) is 0 Å². The highest BCUT2D eigenvalue weighted by Crippen LogP contribution is 2.29.